The van der Waals surface area contributed by atoms with Gasteiger partial charge in [-0.1, -0.05) is 30.3 Å². The minimum absolute atomic E-state index is 0.582. The number of aryl methyl sites for hydroxylation is 3. The Balaban J connectivity index is 1.99. The molecule has 0 aliphatic heterocycles. The lowest BCUT2D eigenvalue weighted by molar-refractivity contribution is 0.909. The SMILES string of the molecule is Cn1cc(CCc2ccccc2)nc1N. The lowest BCUT2D eigenvalue weighted by atomic mass is 10.1. The first kappa shape index (κ1) is 9.77. The van der Waals surface area contributed by atoms with Gasteiger partial charge in [0.25, 0.3) is 0 Å². The molecule has 0 unspecified atom stereocenters. The maximum atomic E-state index is 5.66. The average Bonchev–Trinajstić information content (AvgIpc) is 2.57. The molecule has 15 heavy (non-hydrogen) atoms. The molecule has 0 aliphatic rings. The van der Waals surface area contributed by atoms with Crippen molar-refractivity contribution in [1.29, 1.82) is 0 Å². The quantitative estimate of drug-likeness (QED) is 0.822. The van der Waals surface area contributed by atoms with Gasteiger partial charge in [-0.25, -0.2) is 4.98 Å². The summed E-state index contributed by atoms with van der Waals surface area (Å²) in [6.07, 6.45) is 3.94. The minimum atomic E-state index is 0.582. The number of imidazole rings is 1. The van der Waals surface area contributed by atoms with Crippen LogP contribution < -0.4 is 5.73 Å². The Bertz CT molecular complexity index is 412. The molecular weight excluding hydrogens is 186 g/mol. The van der Waals surface area contributed by atoms with E-state index in [-0.39, 0.29) is 0 Å². The van der Waals surface area contributed by atoms with Gasteiger partial charge < -0.3 is 10.3 Å². The lowest BCUT2D eigenvalue weighted by Gasteiger charge is -1.97. The van der Waals surface area contributed by atoms with Crippen molar-refractivity contribution < 1.29 is 0 Å². The van der Waals surface area contributed by atoms with Gasteiger partial charge in [-0.15, -0.1) is 0 Å². The predicted molar refractivity (Wildman–Crippen MR) is 61.5 cm³/mol. The molecule has 1 aromatic carbocycles. The molecule has 2 N–H and O–H groups in total. The molecule has 78 valence electrons. The number of hydrogen-bond acceptors (Lipinski definition) is 2. The summed E-state index contributed by atoms with van der Waals surface area (Å²) in [4.78, 5) is 4.27. The van der Waals surface area contributed by atoms with Crippen LogP contribution in [0.5, 0.6) is 0 Å². The van der Waals surface area contributed by atoms with E-state index < -0.39 is 0 Å². The van der Waals surface area contributed by atoms with Crippen LogP contribution in [0.3, 0.4) is 0 Å². The number of rotatable bonds is 3. The van der Waals surface area contributed by atoms with Crippen molar-refractivity contribution in [3.8, 4) is 0 Å². The second-order valence-corrected chi connectivity index (χ2v) is 3.69. The highest BCUT2D eigenvalue weighted by molar-refractivity contribution is 5.22. The molecule has 2 rings (SSSR count). The maximum Gasteiger partial charge on any atom is 0.200 e. The molecule has 0 radical (unpaired) electrons. The predicted octanol–water partition coefficient (Wildman–Crippen LogP) is 1.79. The zero-order chi connectivity index (χ0) is 10.7. The van der Waals surface area contributed by atoms with Crippen LogP contribution in [-0.2, 0) is 19.9 Å². The van der Waals surface area contributed by atoms with Gasteiger partial charge in [-0.05, 0) is 18.4 Å². The zero-order valence-corrected chi connectivity index (χ0v) is 8.85. The highest BCUT2D eigenvalue weighted by Crippen LogP contribution is 2.07. The van der Waals surface area contributed by atoms with Gasteiger partial charge >= 0.3 is 0 Å². The smallest absolute Gasteiger partial charge is 0.200 e. The van der Waals surface area contributed by atoms with E-state index in [1.807, 2.05) is 23.9 Å². The van der Waals surface area contributed by atoms with Crippen molar-refractivity contribution in [2.45, 2.75) is 12.8 Å². The Labute approximate surface area is 89.6 Å². The summed E-state index contributed by atoms with van der Waals surface area (Å²) in [5, 5.41) is 0. The number of aromatic nitrogens is 2. The standard InChI is InChI=1S/C12H15N3/c1-15-9-11(14-12(15)13)8-7-10-5-3-2-4-6-10/h2-6,9H,7-8H2,1H3,(H2,13,14). The molecule has 0 bridgehead atoms. The van der Waals surface area contributed by atoms with Crippen LogP contribution >= 0.6 is 0 Å². The number of nitrogen functional groups attached to an aromatic ring is 1. The number of nitrogens with zero attached hydrogens (tertiary/aromatic N) is 2. The fourth-order valence-electron chi connectivity index (χ4n) is 1.58. The number of anilines is 1. The monoisotopic (exact) mass is 201 g/mol. The van der Waals surface area contributed by atoms with Crippen molar-refractivity contribution in [2.75, 3.05) is 5.73 Å². The Morgan fingerprint density at radius 3 is 2.53 bits per heavy atom. The second-order valence-electron chi connectivity index (χ2n) is 3.69. The van der Waals surface area contributed by atoms with Crippen LogP contribution in [0.4, 0.5) is 5.95 Å². The Kier molecular flexibility index (Phi) is 2.72. The van der Waals surface area contributed by atoms with Crippen molar-refractivity contribution in [3.05, 3.63) is 47.8 Å². The Morgan fingerprint density at radius 2 is 1.93 bits per heavy atom. The minimum Gasteiger partial charge on any atom is -0.369 e. The first-order valence-corrected chi connectivity index (χ1v) is 5.07. The van der Waals surface area contributed by atoms with Gasteiger partial charge in [0.05, 0.1) is 5.69 Å². The van der Waals surface area contributed by atoms with E-state index in [2.05, 4.69) is 29.2 Å². The van der Waals surface area contributed by atoms with E-state index in [4.69, 9.17) is 5.73 Å². The highest BCUT2D eigenvalue weighted by atomic mass is 15.1. The maximum absolute atomic E-state index is 5.66. The highest BCUT2D eigenvalue weighted by Gasteiger charge is 2.01. The second kappa shape index (κ2) is 4.17. The van der Waals surface area contributed by atoms with Gasteiger partial charge in [0.2, 0.25) is 0 Å². The third kappa shape index (κ3) is 2.37. The van der Waals surface area contributed by atoms with Crippen LogP contribution in [0.25, 0.3) is 0 Å². The van der Waals surface area contributed by atoms with Crippen LogP contribution in [0.1, 0.15) is 11.3 Å². The van der Waals surface area contributed by atoms with Gasteiger partial charge in [-0.3, -0.25) is 0 Å². The van der Waals surface area contributed by atoms with E-state index in [0.717, 1.165) is 18.5 Å². The Morgan fingerprint density at radius 1 is 1.20 bits per heavy atom. The van der Waals surface area contributed by atoms with Crippen LogP contribution in [0, 0.1) is 0 Å². The number of nitrogens with two attached hydrogens (primary N) is 1. The van der Waals surface area contributed by atoms with E-state index in [1.54, 1.807) is 0 Å². The van der Waals surface area contributed by atoms with Gasteiger partial charge in [0, 0.05) is 13.2 Å². The summed E-state index contributed by atoms with van der Waals surface area (Å²) >= 11 is 0. The third-order valence-electron chi connectivity index (χ3n) is 2.47. The van der Waals surface area contributed by atoms with E-state index in [9.17, 15) is 0 Å². The summed E-state index contributed by atoms with van der Waals surface area (Å²) in [5.41, 5.74) is 8.05. The average molecular weight is 201 g/mol. The molecule has 1 aromatic heterocycles. The molecule has 1 heterocycles. The molecule has 2 aromatic rings. The first-order valence-electron chi connectivity index (χ1n) is 5.07. The molecule has 0 aliphatic carbocycles. The number of benzene rings is 1. The molecule has 0 spiro atoms. The topological polar surface area (TPSA) is 43.8 Å². The molecule has 0 saturated heterocycles. The van der Waals surface area contributed by atoms with Crippen molar-refractivity contribution >= 4 is 5.95 Å². The summed E-state index contributed by atoms with van der Waals surface area (Å²) in [7, 11) is 1.91. The molecular formula is C12H15N3. The molecule has 3 heteroatoms. The fraction of sp³-hybridized carbons (Fsp3) is 0.250. The number of hydrogen-bond donors (Lipinski definition) is 1. The van der Waals surface area contributed by atoms with E-state index in [0.29, 0.717) is 5.95 Å². The molecule has 0 fully saturated rings. The molecule has 3 nitrogen and oxygen atoms in total. The summed E-state index contributed by atoms with van der Waals surface area (Å²) in [6, 6.07) is 10.4. The van der Waals surface area contributed by atoms with Crippen molar-refractivity contribution in [2.24, 2.45) is 7.05 Å². The molecule has 0 amide bonds. The van der Waals surface area contributed by atoms with Crippen LogP contribution in [0.2, 0.25) is 0 Å². The van der Waals surface area contributed by atoms with Gasteiger partial charge in [0.15, 0.2) is 5.95 Å². The molecule has 0 saturated carbocycles. The lowest BCUT2D eigenvalue weighted by Crippen LogP contribution is -1.95. The van der Waals surface area contributed by atoms with Crippen molar-refractivity contribution in [1.82, 2.24) is 9.55 Å². The van der Waals surface area contributed by atoms with Gasteiger partial charge in [-0.2, -0.15) is 0 Å². The van der Waals surface area contributed by atoms with Crippen molar-refractivity contribution in [3.63, 3.8) is 0 Å². The molecule has 0 atom stereocenters. The summed E-state index contributed by atoms with van der Waals surface area (Å²) in [6.45, 7) is 0. The fourth-order valence-corrected chi connectivity index (χ4v) is 1.58. The van der Waals surface area contributed by atoms with Crippen LogP contribution in [-0.4, -0.2) is 9.55 Å². The van der Waals surface area contributed by atoms with Crippen LogP contribution in [0.15, 0.2) is 36.5 Å². The largest absolute Gasteiger partial charge is 0.369 e. The zero-order valence-electron chi connectivity index (χ0n) is 8.85. The van der Waals surface area contributed by atoms with E-state index in [1.165, 1.54) is 5.56 Å². The summed E-state index contributed by atoms with van der Waals surface area (Å²) in [5.74, 6) is 0.582. The first-order chi connectivity index (χ1) is 7.25. The Hall–Kier alpha value is -1.77. The normalized spacial score (nSPS) is 10.5. The van der Waals surface area contributed by atoms with Gasteiger partial charge in [0.1, 0.15) is 0 Å². The summed E-state index contributed by atoms with van der Waals surface area (Å²) < 4.78 is 1.85. The van der Waals surface area contributed by atoms with E-state index >= 15 is 0 Å². The third-order valence-corrected chi connectivity index (χ3v) is 2.47.